The van der Waals surface area contributed by atoms with Gasteiger partial charge in [-0.15, -0.1) is 22.9 Å². The summed E-state index contributed by atoms with van der Waals surface area (Å²) in [7, 11) is 0. The number of alkyl halides is 1. The van der Waals surface area contributed by atoms with Crippen molar-refractivity contribution in [3.8, 4) is 0 Å². The maximum absolute atomic E-state index is 13.7. The predicted molar refractivity (Wildman–Crippen MR) is 84.7 cm³/mol. The van der Waals surface area contributed by atoms with E-state index in [1.54, 1.807) is 18.3 Å². The molecule has 0 bridgehead atoms. The second kappa shape index (κ2) is 6.12. The van der Waals surface area contributed by atoms with E-state index in [-0.39, 0.29) is 5.82 Å². The van der Waals surface area contributed by atoms with Gasteiger partial charge in [-0.3, -0.25) is 0 Å². The lowest BCUT2D eigenvalue weighted by atomic mass is 10.2. The van der Waals surface area contributed by atoms with E-state index < -0.39 is 0 Å². The third-order valence-electron chi connectivity index (χ3n) is 3.50. The molecule has 0 aliphatic rings. The first-order chi connectivity index (χ1) is 10.2. The Labute approximate surface area is 131 Å². The van der Waals surface area contributed by atoms with Gasteiger partial charge in [0.05, 0.1) is 22.2 Å². The molecule has 0 unspecified atom stereocenters. The highest BCUT2D eigenvalue weighted by molar-refractivity contribution is 7.07. The molecular weight excluding hydrogens is 309 g/mol. The van der Waals surface area contributed by atoms with Gasteiger partial charge in [0.1, 0.15) is 11.6 Å². The molecule has 6 heteroatoms. The minimum Gasteiger partial charge on any atom is -0.328 e. The van der Waals surface area contributed by atoms with Gasteiger partial charge in [0, 0.05) is 36.7 Å². The molecule has 0 atom stereocenters. The molecule has 0 aliphatic carbocycles. The zero-order chi connectivity index (χ0) is 14.8. The van der Waals surface area contributed by atoms with Crippen molar-refractivity contribution >= 4 is 34.0 Å². The van der Waals surface area contributed by atoms with Crippen molar-refractivity contribution in [1.82, 2.24) is 14.5 Å². The van der Waals surface area contributed by atoms with Gasteiger partial charge in [0.25, 0.3) is 0 Å². The molecule has 2 heterocycles. The molecule has 0 saturated heterocycles. The van der Waals surface area contributed by atoms with E-state index in [0.29, 0.717) is 23.4 Å². The number of hydrogen-bond acceptors (Lipinski definition) is 3. The van der Waals surface area contributed by atoms with E-state index in [0.717, 1.165) is 30.0 Å². The van der Waals surface area contributed by atoms with Crippen LogP contribution in [0.3, 0.4) is 0 Å². The van der Waals surface area contributed by atoms with Gasteiger partial charge >= 0.3 is 0 Å². The summed E-state index contributed by atoms with van der Waals surface area (Å²) in [6.45, 7) is 2.55. The van der Waals surface area contributed by atoms with Crippen LogP contribution in [0.4, 0.5) is 4.39 Å². The first kappa shape index (κ1) is 14.5. The van der Waals surface area contributed by atoms with Gasteiger partial charge in [-0.05, 0) is 18.6 Å². The largest absolute Gasteiger partial charge is 0.328 e. The van der Waals surface area contributed by atoms with Gasteiger partial charge in [-0.2, -0.15) is 0 Å². The molecule has 3 aromatic rings. The Morgan fingerprint density at radius 1 is 1.33 bits per heavy atom. The highest BCUT2D eigenvalue weighted by Gasteiger charge is 2.13. The van der Waals surface area contributed by atoms with Gasteiger partial charge in [-0.25, -0.2) is 14.4 Å². The van der Waals surface area contributed by atoms with E-state index >= 15 is 0 Å². The van der Waals surface area contributed by atoms with Crippen LogP contribution in [0.5, 0.6) is 0 Å². The number of thiazole rings is 1. The SMILES string of the molecule is Cc1cc2c(cc1F)nc(CCCl)n2CCc1cscn1. The fourth-order valence-electron chi connectivity index (χ4n) is 2.41. The first-order valence-corrected chi connectivity index (χ1v) is 8.25. The second-order valence-electron chi connectivity index (χ2n) is 4.94. The number of fused-ring (bicyclic) bond motifs is 1. The highest BCUT2D eigenvalue weighted by Crippen LogP contribution is 2.21. The molecule has 110 valence electrons. The Balaban J connectivity index is 2.00. The lowest BCUT2D eigenvalue weighted by Gasteiger charge is -2.08. The minimum absolute atomic E-state index is 0.218. The Morgan fingerprint density at radius 2 is 2.19 bits per heavy atom. The van der Waals surface area contributed by atoms with Crippen LogP contribution in [-0.2, 0) is 19.4 Å². The molecule has 0 radical (unpaired) electrons. The molecule has 0 saturated carbocycles. The highest BCUT2D eigenvalue weighted by atomic mass is 35.5. The summed E-state index contributed by atoms with van der Waals surface area (Å²) in [5.41, 5.74) is 5.19. The van der Waals surface area contributed by atoms with Gasteiger partial charge in [0.2, 0.25) is 0 Å². The van der Waals surface area contributed by atoms with Crippen LogP contribution in [0.15, 0.2) is 23.0 Å². The quantitative estimate of drug-likeness (QED) is 0.665. The van der Waals surface area contributed by atoms with Crippen molar-refractivity contribution in [3.05, 3.63) is 45.9 Å². The van der Waals surface area contributed by atoms with Crippen molar-refractivity contribution in [2.45, 2.75) is 26.3 Å². The van der Waals surface area contributed by atoms with Crippen molar-refractivity contribution in [3.63, 3.8) is 0 Å². The van der Waals surface area contributed by atoms with Gasteiger partial charge in [0.15, 0.2) is 0 Å². The molecule has 1 aromatic carbocycles. The van der Waals surface area contributed by atoms with Crippen LogP contribution < -0.4 is 0 Å². The zero-order valence-corrected chi connectivity index (χ0v) is 13.2. The number of imidazole rings is 1. The number of halogens is 2. The summed E-state index contributed by atoms with van der Waals surface area (Å²) in [5.74, 6) is 1.19. The lowest BCUT2D eigenvalue weighted by molar-refractivity contribution is 0.619. The van der Waals surface area contributed by atoms with Gasteiger partial charge < -0.3 is 4.57 Å². The monoisotopic (exact) mass is 323 g/mol. The number of nitrogens with zero attached hydrogens (tertiary/aromatic N) is 3. The summed E-state index contributed by atoms with van der Waals surface area (Å²) >= 11 is 7.45. The number of hydrogen-bond donors (Lipinski definition) is 0. The third-order valence-corrected chi connectivity index (χ3v) is 4.33. The van der Waals surface area contributed by atoms with Crippen LogP contribution in [0.2, 0.25) is 0 Å². The fourth-order valence-corrected chi connectivity index (χ4v) is 3.17. The van der Waals surface area contributed by atoms with Gasteiger partial charge in [-0.1, -0.05) is 0 Å². The summed E-state index contributed by atoms with van der Waals surface area (Å²) < 4.78 is 15.8. The maximum atomic E-state index is 13.7. The van der Waals surface area contributed by atoms with Crippen LogP contribution >= 0.6 is 22.9 Å². The number of aromatic nitrogens is 3. The van der Waals surface area contributed by atoms with Crippen LogP contribution in [0.25, 0.3) is 11.0 Å². The predicted octanol–water partition coefficient (Wildman–Crippen LogP) is 3.96. The van der Waals surface area contributed by atoms with E-state index in [1.165, 1.54) is 6.07 Å². The minimum atomic E-state index is -0.218. The molecule has 3 rings (SSSR count). The summed E-state index contributed by atoms with van der Waals surface area (Å²) in [5, 5.41) is 2.05. The first-order valence-electron chi connectivity index (χ1n) is 6.77. The topological polar surface area (TPSA) is 30.7 Å². The van der Waals surface area contributed by atoms with E-state index in [9.17, 15) is 4.39 Å². The number of rotatable bonds is 5. The molecule has 0 aliphatic heterocycles. The Morgan fingerprint density at radius 3 is 2.90 bits per heavy atom. The molecule has 2 aromatic heterocycles. The Hall–Kier alpha value is -1.46. The van der Waals surface area contributed by atoms with E-state index in [4.69, 9.17) is 11.6 Å². The van der Waals surface area contributed by atoms with Crippen molar-refractivity contribution < 1.29 is 4.39 Å². The zero-order valence-electron chi connectivity index (χ0n) is 11.6. The normalized spacial score (nSPS) is 11.4. The average Bonchev–Trinajstić information content (AvgIpc) is 3.06. The molecule has 0 fully saturated rings. The third kappa shape index (κ3) is 2.94. The molecule has 3 nitrogen and oxygen atoms in total. The smallest absolute Gasteiger partial charge is 0.128 e. The molecule has 0 amide bonds. The number of benzene rings is 1. The van der Waals surface area contributed by atoms with E-state index in [1.807, 2.05) is 17.0 Å². The fraction of sp³-hybridized carbons (Fsp3) is 0.333. The Kier molecular flexibility index (Phi) is 4.22. The van der Waals surface area contributed by atoms with Crippen LogP contribution in [0.1, 0.15) is 17.1 Å². The van der Waals surface area contributed by atoms with Crippen LogP contribution in [0, 0.1) is 12.7 Å². The van der Waals surface area contributed by atoms with E-state index in [2.05, 4.69) is 14.5 Å². The summed E-state index contributed by atoms with van der Waals surface area (Å²) in [4.78, 5) is 8.83. The lowest BCUT2D eigenvalue weighted by Crippen LogP contribution is -2.07. The van der Waals surface area contributed by atoms with Crippen LogP contribution in [-0.4, -0.2) is 20.4 Å². The molecule has 0 N–H and O–H groups in total. The maximum Gasteiger partial charge on any atom is 0.128 e. The number of aryl methyl sites for hydroxylation is 4. The summed E-state index contributed by atoms with van der Waals surface area (Å²) in [6.07, 6.45) is 1.51. The average molecular weight is 324 g/mol. The van der Waals surface area contributed by atoms with Crippen molar-refractivity contribution in [1.29, 1.82) is 0 Å². The standard InChI is InChI=1S/C15H15ClFN3S/c1-10-6-14-13(7-12(10)17)19-15(2-4-16)20(14)5-3-11-8-21-9-18-11/h6-9H,2-5H2,1H3. The summed E-state index contributed by atoms with van der Waals surface area (Å²) in [6, 6.07) is 3.36. The van der Waals surface area contributed by atoms with Crippen molar-refractivity contribution in [2.24, 2.45) is 0 Å². The second-order valence-corrected chi connectivity index (χ2v) is 6.04. The van der Waals surface area contributed by atoms with Crippen molar-refractivity contribution in [2.75, 3.05) is 5.88 Å². The molecule has 0 spiro atoms. The Bertz CT molecular complexity index is 752. The molecule has 21 heavy (non-hydrogen) atoms. The molecular formula is C15H15ClFN3S.